The summed E-state index contributed by atoms with van der Waals surface area (Å²) in [6.07, 6.45) is 2.68. The minimum atomic E-state index is 0.336. The lowest BCUT2D eigenvalue weighted by Crippen LogP contribution is -1.99. The topological polar surface area (TPSA) is 88.1 Å². The van der Waals surface area contributed by atoms with Gasteiger partial charge in [0, 0.05) is 10.9 Å². The van der Waals surface area contributed by atoms with Gasteiger partial charge >= 0.3 is 0 Å². The first kappa shape index (κ1) is 16.0. The second kappa shape index (κ2) is 7.18. The number of anilines is 1. The molecule has 4 aromatic rings. The first-order valence-corrected chi connectivity index (χ1v) is 8.46. The van der Waals surface area contributed by atoms with Crippen molar-refractivity contribution in [3.63, 3.8) is 0 Å². The van der Waals surface area contributed by atoms with Gasteiger partial charge in [-0.05, 0) is 42.3 Å². The molecule has 0 unspecified atom stereocenters. The molecule has 0 bridgehead atoms. The van der Waals surface area contributed by atoms with Gasteiger partial charge in [-0.1, -0.05) is 25.1 Å². The zero-order valence-electron chi connectivity index (χ0n) is 14.3. The van der Waals surface area contributed by atoms with E-state index in [1.807, 2.05) is 48.5 Å². The van der Waals surface area contributed by atoms with E-state index in [0.717, 1.165) is 40.8 Å². The molecule has 2 aromatic heterocycles. The second-order valence-corrected chi connectivity index (χ2v) is 5.79. The number of hydrazone groups is 1. The number of H-pyrrole nitrogens is 1. The molecule has 0 amide bonds. The van der Waals surface area contributed by atoms with E-state index in [1.54, 1.807) is 6.21 Å². The summed E-state index contributed by atoms with van der Waals surface area (Å²) in [5, 5.41) is 13.5. The van der Waals surface area contributed by atoms with Crippen LogP contribution in [0.2, 0.25) is 0 Å². The molecule has 4 rings (SSSR count). The van der Waals surface area contributed by atoms with E-state index in [-0.39, 0.29) is 0 Å². The van der Waals surface area contributed by atoms with Gasteiger partial charge in [-0.3, -0.25) is 0 Å². The van der Waals surface area contributed by atoms with E-state index in [9.17, 15) is 0 Å². The standard InChI is InChI=1S/C19H18N6O/c1-2-11-26-14-9-7-13(8-10-14)12-20-24-19-22-18-17(23-25-19)15-5-3-4-6-16(15)21-18/h3-10,12H,2,11H2,1H3,(H2,21,22,24,25)/b20-12+. The van der Waals surface area contributed by atoms with Gasteiger partial charge in [-0.2, -0.15) is 10.1 Å². The Balaban J connectivity index is 1.47. The molecule has 0 saturated heterocycles. The molecule has 0 atom stereocenters. The van der Waals surface area contributed by atoms with Crippen LogP contribution in [0.4, 0.5) is 5.95 Å². The number of aromatic nitrogens is 4. The number of nitrogens with zero attached hydrogens (tertiary/aromatic N) is 4. The molecule has 2 heterocycles. The first-order chi connectivity index (χ1) is 12.8. The summed E-state index contributed by atoms with van der Waals surface area (Å²) in [6.45, 7) is 2.80. The molecule has 130 valence electrons. The number of rotatable bonds is 6. The van der Waals surface area contributed by atoms with Crippen molar-refractivity contribution in [2.75, 3.05) is 12.0 Å². The summed E-state index contributed by atoms with van der Waals surface area (Å²) in [7, 11) is 0. The van der Waals surface area contributed by atoms with Crippen LogP contribution < -0.4 is 10.2 Å². The van der Waals surface area contributed by atoms with Crippen LogP contribution in [-0.4, -0.2) is 33.0 Å². The summed E-state index contributed by atoms with van der Waals surface area (Å²) in [4.78, 5) is 7.65. The number of hydrogen-bond acceptors (Lipinski definition) is 6. The summed E-state index contributed by atoms with van der Waals surface area (Å²) >= 11 is 0. The highest BCUT2D eigenvalue weighted by Gasteiger charge is 2.07. The average Bonchev–Trinajstić information content (AvgIpc) is 3.05. The van der Waals surface area contributed by atoms with Gasteiger partial charge in [-0.15, -0.1) is 10.2 Å². The molecule has 0 fully saturated rings. The zero-order valence-corrected chi connectivity index (χ0v) is 14.3. The van der Waals surface area contributed by atoms with Crippen molar-refractivity contribution in [1.82, 2.24) is 20.2 Å². The molecule has 7 heteroatoms. The molecule has 0 aliphatic rings. The fourth-order valence-electron chi connectivity index (χ4n) is 2.60. The highest BCUT2D eigenvalue weighted by Crippen LogP contribution is 2.21. The highest BCUT2D eigenvalue weighted by atomic mass is 16.5. The third-order valence-corrected chi connectivity index (χ3v) is 3.85. The quantitative estimate of drug-likeness (QED) is 0.410. The maximum atomic E-state index is 5.56. The Morgan fingerprint density at radius 3 is 2.81 bits per heavy atom. The monoisotopic (exact) mass is 346 g/mol. The van der Waals surface area contributed by atoms with Crippen LogP contribution in [-0.2, 0) is 0 Å². The van der Waals surface area contributed by atoms with E-state index >= 15 is 0 Å². The molecule has 0 aliphatic carbocycles. The number of benzene rings is 2. The second-order valence-electron chi connectivity index (χ2n) is 5.79. The molecule has 26 heavy (non-hydrogen) atoms. The highest BCUT2D eigenvalue weighted by molar-refractivity contribution is 6.03. The lowest BCUT2D eigenvalue weighted by atomic mass is 10.2. The van der Waals surface area contributed by atoms with Gasteiger partial charge in [0.25, 0.3) is 5.95 Å². The Morgan fingerprint density at radius 1 is 1.12 bits per heavy atom. The van der Waals surface area contributed by atoms with Gasteiger partial charge in [0.15, 0.2) is 5.65 Å². The van der Waals surface area contributed by atoms with Crippen molar-refractivity contribution < 1.29 is 4.74 Å². The fourth-order valence-corrected chi connectivity index (χ4v) is 2.60. The fraction of sp³-hybridized carbons (Fsp3) is 0.158. The van der Waals surface area contributed by atoms with Crippen molar-refractivity contribution in [3.05, 3.63) is 54.1 Å². The minimum Gasteiger partial charge on any atom is -0.494 e. The SMILES string of the molecule is CCCOc1ccc(/C=N/Nc2nnc3c(n2)[nH]c2ccccc23)cc1. The number of para-hydroxylation sites is 1. The molecule has 0 aliphatic heterocycles. The maximum Gasteiger partial charge on any atom is 0.265 e. The van der Waals surface area contributed by atoms with Crippen LogP contribution in [0.5, 0.6) is 5.75 Å². The average molecular weight is 346 g/mol. The third-order valence-electron chi connectivity index (χ3n) is 3.85. The predicted molar refractivity (Wildman–Crippen MR) is 103 cm³/mol. The van der Waals surface area contributed by atoms with Gasteiger partial charge in [0.05, 0.1) is 12.8 Å². The third kappa shape index (κ3) is 3.32. The van der Waals surface area contributed by atoms with Crippen LogP contribution in [0.3, 0.4) is 0 Å². The zero-order chi connectivity index (χ0) is 17.8. The molecule has 0 spiro atoms. The van der Waals surface area contributed by atoms with Crippen LogP contribution in [0.15, 0.2) is 53.6 Å². The van der Waals surface area contributed by atoms with Gasteiger partial charge < -0.3 is 9.72 Å². The first-order valence-electron chi connectivity index (χ1n) is 8.46. The van der Waals surface area contributed by atoms with Crippen molar-refractivity contribution in [2.24, 2.45) is 5.10 Å². The number of aromatic amines is 1. The number of hydrogen-bond donors (Lipinski definition) is 2. The number of nitrogens with one attached hydrogen (secondary N) is 2. The Hall–Kier alpha value is -3.48. The van der Waals surface area contributed by atoms with E-state index < -0.39 is 0 Å². The van der Waals surface area contributed by atoms with Crippen molar-refractivity contribution >= 4 is 34.2 Å². The van der Waals surface area contributed by atoms with E-state index in [4.69, 9.17) is 4.74 Å². The normalized spacial score (nSPS) is 11.4. The molecule has 2 aromatic carbocycles. The Labute approximate surface area is 150 Å². The lowest BCUT2D eigenvalue weighted by Gasteiger charge is -2.03. The molecule has 2 N–H and O–H groups in total. The summed E-state index contributed by atoms with van der Waals surface area (Å²) < 4.78 is 5.56. The summed E-state index contributed by atoms with van der Waals surface area (Å²) in [5.41, 5.74) is 6.16. The number of fused-ring (bicyclic) bond motifs is 3. The Morgan fingerprint density at radius 2 is 1.96 bits per heavy atom. The molecule has 7 nitrogen and oxygen atoms in total. The Kier molecular flexibility index (Phi) is 4.42. The maximum absolute atomic E-state index is 5.56. The Bertz CT molecular complexity index is 1050. The van der Waals surface area contributed by atoms with Gasteiger partial charge in [0.2, 0.25) is 0 Å². The van der Waals surface area contributed by atoms with Crippen molar-refractivity contribution in [2.45, 2.75) is 13.3 Å². The molecular formula is C19H18N6O. The van der Waals surface area contributed by atoms with Crippen LogP contribution in [0.1, 0.15) is 18.9 Å². The van der Waals surface area contributed by atoms with Gasteiger partial charge in [0.1, 0.15) is 11.3 Å². The van der Waals surface area contributed by atoms with Crippen molar-refractivity contribution in [1.29, 1.82) is 0 Å². The molecule has 0 saturated carbocycles. The summed E-state index contributed by atoms with van der Waals surface area (Å²) in [6, 6.07) is 15.6. The van der Waals surface area contributed by atoms with Crippen LogP contribution in [0.25, 0.3) is 22.1 Å². The molecular weight excluding hydrogens is 328 g/mol. The van der Waals surface area contributed by atoms with E-state index in [2.05, 4.69) is 37.6 Å². The minimum absolute atomic E-state index is 0.336. The van der Waals surface area contributed by atoms with Crippen molar-refractivity contribution in [3.8, 4) is 5.75 Å². The summed E-state index contributed by atoms with van der Waals surface area (Å²) in [5.74, 6) is 1.19. The smallest absolute Gasteiger partial charge is 0.265 e. The van der Waals surface area contributed by atoms with Gasteiger partial charge in [-0.25, -0.2) is 5.43 Å². The largest absolute Gasteiger partial charge is 0.494 e. The number of ether oxygens (including phenoxy) is 1. The van der Waals surface area contributed by atoms with Crippen LogP contribution in [0, 0.1) is 0 Å². The lowest BCUT2D eigenvalue weighted by molar-refractivity contribution is 0.317. The van der Waals surface area contributed by atoms with Crippen LogP contribution >= 0.6 is 0 Å². The van der Waals surface area contributed by atoms with E-state index in [0.29, 0.717) is 11.6 Å². The molecule has 0 radical (unpaired) electrons. The predicted octanol–water partition coefficient (Wildman–Crippen LogP) is 3.74. The van der Waals surface area contributed by atoms with E-state index in [1.165, 1.54) is 0 Å².